The quantitative estimate of drug-likeness (QED) is 0.917. The molecule has 19 heavy (non-hydrogen) atoms. The van der Waals surface area contributed by atoms with Gasteiger partial charge in [-0.1, -0.05) is 48.8 Å². The molecule has 0 saturated carbocycles. The lowest BCUT2D eigenvalue weighted by atomic mass is 10.1. The third kappa shape index (κ3) is 3.44. The first-order valence-corrected chi connectivity index (χ1v) is 6.38. The highest BCUT2D eigenvalue weighted by molar-refractivity contribution is 5.92. The lowest BCUT2D eigenvalue weighted by Gasteiger charge is -2.04. The van der Waals surface area contributed by atoms with Gasteiger partial charge in [-0.15, -0.1) is 0 Å². The van der Waals surface area contributed by atoms with E-state index >= 15 is 0 Å². The van der Waals surface area contributed by atoms with Crippen molar-refractivity contribution >= 4 is 5.91 Å². The molecule has 0 unspecified atom stereocenters. The summed E-state index contributed by atoms with van der Waals surface area (Å²) in [6.07, 6.45) is 0. The fraction of sp³-hybridized carbons (Fsp3) is 0.333. The summed E-state index contributed by atoms with van der Waals surface area (Å²) in [5, 5.41) is 6.73. The van der Waals surface area contributed by atoms with Crippen molar-refractivity contribution in [3.63, 3.8) is 0 Å². The molecular formula is C15H18N2O2. The van der Waals surface area contributed by atoms with E-state index < -0.39 is 0 Å². The summed E-state index contributed by atoms with van der Waals surface area (Å²) in [6.45, 7) is 6.73. The van der Waals surface area contributed by atoms with Gasteiger partial charge in [0.15, 0.2) is 0 Å². The Morgan fingerprint density at radius 2 is 2.00 bits per heavy atom. The smallest absolute Gasteiger partial charge is 0.289 e. The normalized spacial score (nSPS) is 10.7. The first-order chi connectivity index (χ1) is 9.06. The molecule has 0 radical (unpaired) electrons. The van der Waals surface area contributed by atoms with Crippen molar-refractivity contribution in [2.45, 2.75) is 20.8 Å². The Bertz CT molecular complexity index is 556. The van der Waals surface area contributed by atoms with E-state index in [2.05, 4.69) is 10.5 Å². The Morgan fingerprint density at radius 3 is 2.63 bits per heavy atom. The molecule has 0 saturated heterocycles. The summed E-state index contributed by atoms with van der Waals surface area (Å²) in [6, 6.07) is 9.59. The Balaban J connectivity index is 2.10. The van der Waals surface area contributed by atoms with E-state index in [1.807, 2.05) is 45.0 Å². The van der Waals surface area contributed by atoms with Crippen LogP contribution in [0, 0.1) is 12.8 Å². The number of carbonyl (C=O) groups excluding carboxylic acids is 1. The fourth-order valence-corrected chi connectivity index (χ4v) is 1.63. The zero-order valence-corrected chi connectivity index (χ0v) is 11.4. The molecule has 0 aliphatic rings. The molecule has 1 heterocycles. The number of benzene rings is 1. The number of nitrogens with zero attached hydrogens (tertiary/aromatic N) is 1. The summed E-state index contributed by atoms with van der Waals surface area (Å²) >= 11 is 0. The summed E-state index contributed by atoms with van der Waals surface area (Å²) in [5.74, 6) is 0.430. The molecule has 1 aromatic carbocycles. The average molecular weight is 258 g/mol. The molecule has 1 amide bonds. The first kappa shape index (κ1) is 13.3. The van der Waals surface area contributed by atoms with Crippen LogP contribution in [-0.2, 0) is 0 Å². The molecule has 0 aliphatic carbocycles. The minimum atomic E-state index is -0.223. The number of nitrogens with one attached hydrogen (secondary N) is 1. The second-order valence-corrected chi connectivity index (χ2v) is 5.05. The van der Waals surface area contributed by atoms with E-state index in [0.29, 0.717) is 18.2 Å². The lowest BCUT2D eigenvalue weighted by molar-refractivity contribution is 0.0912. The summed E-state index contributed by atoms with van der Waals surface area (Å²) in [5.41, 5.74) is 2.80. The van der Waals surface area contributed by atoms with E-state index in [9.17, 15) is 4.79 Å². The van der Waals surface area contributed by atoms with Crippen molar-refractivity contribution in [3.8, 4) is 11.3 Å². The summed E-state index contributed by atoms with van der Waals surface area (Å²) < 4.78 is 5.08. The van der Waals surface area contributed by atoms with Crippen molar-refractivity contribution in [1.29, 1.82) is 0 Å². The number of aryl methyl sites for hydroxylation is 1. The van der Waals surface area contributed by atoms with Crippen LogP contribution in [0.15, 0.2) is 34.9 Å². The Hall–Kier alpha value is -2.10. The van der Waals surface area contributed by atoms with Crippen LogP contribution in [0.5, 0.6) is 0 Å². The third-order valence-electron chi connectivity index (χ3n) is 2.75. The SMILES string of the molecule is Cc1ccc(-c2cc(C(=O)NCC(C)C)on2)cc1. The predicted octanol–water partition coefficient (Wildman–Crippen LogP) is 3.04. The molecule has 2 rings (SSSR count). The lowest BCUT2D eigenvalue weighted by Crippen LogP contribution is -2.26. The minimum absolute atomic E-state index is 0.223. The molecular weight excluding hydrogens is 240 g/mol. The monoisotopic (exact) mass is 258 g/mol. The van der Waals surface area contributed by atoms with E-state index in [4.69, 9.17) is 4.52 Å². The van der Waals surface area contributed by atoms with Gasteiger partial charge in [-0.2, -0.15) is 0 Å². The van der Waals surface area contributed by atoms with Crippen molar-refractivity contribution in [1.82, 2.24) is 10.5 Å². The predicted molar refractivity (Wildman–Crippen MR) is 73.8 cm³/mol. The van der Waals surface area contributed by atoms with Crippen LogP contribution in [0.2, 0.25) is 0 Å². The van der Waals surface area contributed by atoms with Gasteiger partial charge < -0.3 is 9.84 Å². The number of amides is 1. The van der Waals surface area contributed by atoms with Gasteiger partial charge in [0.1, 0.15) is 5.69 Å². The van der Waals surface area contributed by atoms with Gasteiger partial charge in [0.2, 0.25) is 5.76 Å². The second kappa shape index (κ2) is 5.69. The molecule has 1 aromatic heterocycles. The number of hydrogen-bond donors (Lipinski definition) is 1. The van der Waals surface area contributed by atoms with Gasteiger partial charge >= 0.3 is 0 Å². The largest absolute Gasteiger partial charge is 0.350 e. The Kier molecular flexibility index (Phi) is 4.00. The molecule has 0 bridgehead atoms. The van der Waals surface area contributed by atoms with Crippen LogP contribution in [0.25, 0.3) is 11.3 Å². The van der Waals surface area contributed by atoms with Gasteiger partial charge in [0.05, 0.1) is 0 Å². The van der Waals surface area contributed by atoms with Gasteiger partial charge in [-0.05, 0) is 12.8 Å². The van der Waals surface area contributed by atoms with Crippen molar-refractivity contribution < 1.29 is 9.32 Å². The molecule has 4 heteroatoms. The van der Waals surface area contributed by atoms with Gasteiger partial charge in [-0.3, -0.25) is 4.79 Å². The van der Waals surface area contributed by atoms with E-state index in [1.54, 1.807) is 6.07 Å². The maximum atomic E-state index is 11.8. The zero-order valence-electron chi connectivity index (χ0n) is 11.4. The minimum Gasteiger partial charge on any atom is -0.350 e. The highest BCUT2D eigenvalue weighted by Crippen LogP contribution is 2.19. The van der Waals surface area contributed by atoms with Gasteiger partial charge in [-0.25, -0.2) is 0 Å². The summed E-state index contributed by atoms with van der Waals surface area (Å²) in [7, 11) is 0. The number of aromatic nitrogens is 1. The molecule has 0 atom stereocenters. The molecule has 0 spiro atoms. The summed E-state index contributed by atoms with van der Waals surface area (Å²) in [4.78, 5) is 11.8. The third-order valence-corrected chi connectivity index (χ3v) is 2.75. The fourth-order valence-electron chi connectivity index (χ4n) is 1.63. The maximum absolute atomic E-state index is 11.8. The van der Waals surface area contributed by atoms with E-state index in [0.717, 1.165) is 5.56 Å². The zero-order chi connectivity index (χ0) is 13.8. The van der Waals surface area contributed by atoms with Crippen LogP contribution in [0.3, 0.4) is 0 Å². The Labute approximate surface area is 112 Å². The molecule has 2 aromatic rings. The Morgan fingerprint density at radius 1 is 1.32 bits per heavy atom. The molecule has 100 valence electrons. The van der Waals surface area contributed by atoms with Crippen molar-refractivity contribution in [2.75, 3.05) is 6.54 Å². The highest BCUT2D eigenvalue weighted by Gasteiger charge is 2.13. The van der Waals surface area contributed by atoms with Crippen LogP contribution in [0.1, 0.15) is 30.0 Å². The number of rotatable bonds is 4. The molecule has 1 N–H and O–H groups in total. The van der Waals surface area contributed by atoms with Crippen LogP contribution < -0.4 is 5.32 Å². The van der Waals surface area contributed by atoms with E-state index in [-0.39, 0.29) is 11.7 Å². The van der Waals surface area contributed by atoms with Gasteiger partial charge in [0, 0.05) is 18.2 Å². The molecule has 0 aliphatic heterocycles. The van der Waals surface area contributed by atoms with Crippen molar-refractivity contribution in [2.24, 2.45) is 5.92 Å². The second-order valence-electron chi connectivity index (χ2n) is 5.05. The topological polar surface area (TPSA) is 55.1 Å². The average Bonchev–Trinajstić information content (AvgIpc) is 2.86. The maximum Gasteiger partial charge on any atom is 0.289 e. The first-order valence-electron chi connectivity index (χ1n) is 6.38. The van der Waals surface area contributed by atoms with Gasteiger partial charge in [0.25, 0.3) is 5.91 Å². The standard InChI is InChI=1S/C15H18N2O2/c1-10(2)9-16-15(18)14-8-13(17-19-14)12-6-4-11(3)5-7-12/h4-8,10H,9H2,1-3H3,(H,16,18). The number of carbonyl (C=O) groups is 1. The number of hydrogen-bond acceptors (Lipinski definition) is 3. The molecule has 0 fully saturated rings. The van der Waals surface area contributed by atoms with E-state index in [1.165, 1.54) is 5.56 Å². The highest BCUT2D eigenvalue weighted by atomic mass is 16.5. The van der Waals surface area contributed by atoms with Crippen molar-refractivity contribution in [3.05, 3.63) is 41.7 Å². The van der Waals surface area contributed by atoms with Crippen LogP contribution in [0.4, 0.5) is 0 Å². The molecule has 4 nitrogen and oxygen atoms in total. The van der Waals surface area contributed by atoms with Crippen LogP contribution in [-0.4, -0.2) is 17.6 Å². The van der Waals surface area contributed by atoms with Crippen LogP contribution >= 0.6 is 0 Å².